The van der Waals surface area contributed by atoms with Gasteiger partial charge >= 0.3 is 0 Å². The fourth-order valence-electron chi connectivity index (χ4n) is 1.40. The Hall–Kier alpha value is -0.900. The highest BCUT2D eigenvalue weighted by Crippen LogP contribution is 2.10. The van der Waals surface area contributed by atoms with Crippen molar-refractivity contribution in [3.63, 3.8) is 0 Å². The van der Waals surface area contributed by atoms with E-state index in [1.165, 1.54) is 5.56 Å². The van der Waals surface area contributed by atoms with Gasteiger partial charge in [0, 0.05) is 0 Å². The predicted octanol–water partition coefficient (Wildman–Crippen LogP) is 2.01. The van der Waals surface area contributed by atoms with E-state index < -0.39 is 0 Å². The molecule has 16 heavy (non-hydrogen) atoms. The first-order valence-corrected chi connectivity index (χ1v) is 5.69. The molecule has 1 saturated heterocycles. The predicted molar refractivity (Wildman–Crippen MR) is 61.3 cm³/mol. The van der Waals surface area contributed by atoms with Gasteiger partial charge in [0.1, 0.15) is 6.10 Å². The van der Waals surface area contributed by atoms with E-state index in [2.05, 4.69) is 12.1 Å². The van der Waals surface area contributed by atoms with Crippen molar-refractivity contribution < 1.29 is 14.2 Å². The second kappa shape index (κ2) is 5.99. The van der Waals surface area contributed by atoms with Crippen molar-refractivity contribution >= 4 is 0 Å². The average molecular weight is 222 g/mol. The maximum absolute atomic E-state index is 5.57. The molecule has 2 atom stereocenters. The topological polar surface area (TPSA) is 31.0 Å². The van der Waals surface area contributed by atoms with Gasteiger partial charge in [-0.05, 0) is 12.5 Å². The van der Waals surface area contributed by atoms with Gasteiger partial charge in [-0.25, -0.2) is 0 Å². The van der Waals surface area contributed by atoms with Crippen LogP contribution in [0.15, 0.2) is 30.3 Å². The Bertz CT molecular complexity index is 295. The maximum atomic E-state index is 5.57. The molecule has 0 saturated carbocycles. The minimum absolute atomic E-state index is 0.132. The molecule has 0 N–H and O–H groups in total. The minimum atomic E-state index is 0.132. The van der Waals surface area contributed by atoms with E-state index in [0.29, 0.717) is 25.9 Å². The zero-order chi connectivity index (χ0) is 11.2. The van der Waals surface area contributed by atoms with Crippen LogP contribution in [0.5, 0.6) is 0 Å². The quantitative estimate of drug-likeness (QED) is 0.661. The lowest BCUT2D eigenvalue weighted by atomic mass is 10.2. The molecule has 1 aliphatic heterocycles. The number of benzene rings is 1. The van der Waals surface area contributed by atoms with Crippen molar-refractivity contribution in [3.05, 3.63) is 35.9 Å². The summed E-state index contributed by atoms with van der Waals surface area (Å²) in [4.78, 5) is 0. The van der Waals surface area contributed by atoms with Crippen LogP contribution >= 0.6 is 0 Å². The minimum Gasteiger partial charge on any atom is -0.374 e. The van der Waals surface area contributed by atoms with Gasteiger partial charge in [-0.15, -0.1) is 0 Å². The van der Waals surface area contributed by atoms with E-state index in [1.54, 1.807) is 0 Å². The number of hydrogen-bond acceptors (Lipinski definition) is 3. The number of ether oxygens (including phenoxy) is 3. The Morgan fingerprint density at radius 3 is 2.81 bits per heavy atom. The van der Waals surface area contributed by atoms with E-state index in [1.807, 2.05) is 25.1 Å². The molecule has 0 unspecified atom stereocenters. The lowest BCUT2D eigenvalue weighted by Crippen LogP contribution is -2.18. The molecule has 0 amide bonds. The normalized spacial score (nSPS) is 20.7. The maximum Gasteiger partial charge on any atom is 0.104 e. The first-order valence-electron chi connectivity index (χ1n) is 5.69. The molecule has 1 aromatic carbocycles. The van der Waals surface area contributed by atoms with Gasteiger partial charge in [0.05, 0.1) is 32.5 Å². The highest BCUT2D eigenvalue weighted by atomic mass is 16.6. The van der Waals surface area contributed by atoms with Crippen LogP contribution in [0.25, 0.3) is 0 Å². The molecule has 0 radical (unpaired) electrons. The zero-order valence-electron chi connectivity index (χ0n) is 9.59. The lowest BCUT2D eigenvalue weighted by molar-refractivity contribution is -0.0166. The Morgan fingerprint density at radius 2 is 2.12 bits per heavy atom. The van der Waals surface area contributed by atoms with Crippen molar-refractivity contribution in [2.45, 2.75) is 25.7 Å². The largest absolute Gasteiger partial charge is 0.374 e. The molecule has 1 aromatic rings. The van der Waals surface area contributed by atoms with Gasteiger partial charge in [0.2, 0.25) is 0 Å². The average Bonchev–Trinajstić information content (AvgIpc) is 3.12. The van der Waals surface area contributed by atoms with Gasteiger partial charge in [0.15, 0.2) is 0 Å². The molecule has 1 aliphatic rings. The molecule has 0 bridgehead atoms. The van der Waals surface area contributed by atoms with Gasteiger partial charge in [-0.3, -0.25) is 0 Å². The van der Waals surface area contributed by atoms with E-state index in [4.69, 9.17) is 14.2 Å². The fourth-order valence-corrected chi connectivity index (χ4v) is 1.40. The molecule has 0 aromatic heterocycles. The summed E-state index contributed by atoms with van der Waals surface area (Å²) in [5.41, 5.74) is 1.19. The molecular weight excluding hydrogens is 204 g/mol. The SMILES string of the molecule is C[C@@H](COCc1ccccc1)OC[C@H]1CO1. The fraction of sp³-hybridized carbons (Fsp3) is 0.538. The molecule has 88 valence electrons. The van der Waals surface area contributed by atoms with Crippen molar-refractivity contribution in [3.8, 4) is 0 Å². The molecular formula is C13H18O3. The molecule has 0 aliphatic carbocycles. The Labute approximate surface area is 96.3 Å². The van der Waals surface area contributed by atoms with E-state index in [0.717, 1.165) is 6.61 Å². The van der Waals surface area contributed by atoms with Gasteiger partial charge in [0.25, 0.3) is 0 Å². The summed E-state index contributed by atoms with van der Waals surface area (Å²) in [5.74, 6) is 0. The molecule has 0 spiro atoms. The summed E-state index contributed by atoms with van der Waals surface area (Å²) in [6, 6.07) is 10.2. The van der Waals surface area contributed by atoms with Crippen LogP contribution in [-0.2, 0) is 20.8 Å². The van der Waals surface area contributed by atoms with E-state index in [-0.39, 0.29) is 6.10 Å². The third-order valence-electron chi connectivity index (χ3n) is 2.43. The second-order valence-electron chi connectivity index (χ2n) is 4.10. The number of epoxide rings is 1. The van der Waals surface area contributed by atoms with Crippen LogP contribution in [0.4, 0.5) is 0 Å². The molecule has 2 rings (SSSR count). The van der Waals surface area contributed by atoms with Crippen LogP contribution in [0.2, 0.25) is 0 Å². The van der Waals surface area contributed by atoms with Crippen LogP contribution in [0.3, 0.4) is 0 Å². The summed E-state index contributed by atoms with van der Waals surface area (Å²) < 4.78 is 16.2. The van der Waals surface area contributed by atoms with Gasteiger partial charge in [-0.1, -0.05) is 30.3 Å². The van der Waals surface area contributed by atoms with E-state index in [9.17, 15) is 0 Å². The smallest absolute Gasteiger partial charge is 0.104 e. The van der Waals surface area contributed by atoms with Crippen LogP contribution in [0, 0.1) is 0 Å². The second-order valence-corrected chi connectivity index (χ2v) is 4.10. The third kappa shape index (κ3) is 4.31. The molecule has 3 heteroatoms. The Kier molecular flexibility index (Phi) is 4.34. The third-order valence-corrected chi connectivity index (χ3v) is 2.43. The van der Waals surface area contributed by atoms with Gasteiger partial charge < -0.3 is 14.2 Å². The Balaban J connectivity index is 1.56. The van der Waals surface area contributed by atoms with Crippen molar-refractivity contribution in [1.29, 1.82) is 0 Å². The molecule has 1 heterocycles. The van der Waals surface area contributed by atoms with Crippen molar-refractivity contribution in [1.82, 2.24) is 0 Å². The van der Waals surface area contributed by atoms with Crippen LogP contribution < -0.4 is 0 Å². The number of rotatable bonds is 7. The highest BCUT2D eigenvalue weighted by Gasteiger charge is 2.23. The molecule has 3 nitrogen and oxygen atoms in total. The summed E-state index contributed by atoms with van der Waals surface area (Å²) in [6.07, 6.45) is 0.462. The lowest BCUT2D eigenvalue weighted by Gasteiger charge is -2.12. The summed E-state index contributed by atoms with van der Waals surface area (Å²) in [5, 5.41) is 0. The summed E-state index contributed by atoms with van der Waals surface area (Å²) in [6.45, 7) is 4.83. The standard InChI is InChI=1S/C13H18O3/c1-11(15-9-13-10-16-13)7-14-8-12-5-3-2-4-6-12/h2-6,11,13H,7-10H2,1H3/t11-,13-/m0/s1. The Morgan fingerprint density at radius 1 is 1.38 bits per heavy atom. The zero-order valence-corrected chi connectivity index (χ0v) is 9.59. The van der Waals surface area contributed by atoms with Crippen molar-refractivity contribution in [2.75, 3.05) is 19.8 Å². The number of hydrogen-bond donors (Lipinski definition) is 0. The van der Waals surface area contributed by atoms with Crippen LogP contribution in [-0.4, -0.2) is 32.0 Å². The first kappa shape index (κ1) is 11.6. The van der Waals surface area contributed by atoms with Crippen molar-refractivity contribution in [2.24, 2.45) is 0 Å². The summed E-state index contributed by atoms with van der Waals surface area (Å²) in [7, 11) is 0. The van der Waals surface area contributed by atoms with E-state index >= 15 is 0 Å². The van der Waals surface area contributed by atoms with Crippen LogP contribution in [0.1, 0.15) is 12.5 Å². The highest BCUT2D eigenvalue weighted by molar-refractivity contribution is 5.13. The first-order chi connectivity index (χ1) is 7.84. The van der Waals surface area contributed by atoms with Gasteiger partial charge in [-0.2, -0.15) is 0 Å². The molecule has 1 fully saturated rings. The monoisotopic (exact) mass is 222 g/mol. The summed E-state index contributed by atoms with van der Waals surface area (Å²) >= 11 is 0.